The van der Waals surface area contributed by atoms with Crippen LogP contribution in [0.5, 0.6) is 0 Å². The van der Waals surface area contributed by atoms with Gasteiger partial charge in [-0.2, -0.15) is 0 Å². The van der Waals surface area contributed by atoms with Crippen molar-refractivity contribution in [2.75, 3.05) is 0 Å². The second kappa shape index (κ2) is 12.3. The lowest BCUT2D eigenvalue weighted by Crippen LogP contribution is -2.05. The number of amidine groups is 2. The SMILES string of the molecule is N=C(N=C(N=Cc1ccccc1)c1ccc(-n2c3ccc(-c4ccccc4)cc3c3ccc4c5ccccc5oc4c32)cc1)c1ccccc1. The van der Waals surface area contributed by atoms with Crippen molar-refractivity contribution in [1.29, 1.82) is 5.41 Å². The van der Waals surface area contributed by atoms with E-state index in [1.165, 1.54) is 5.56 Å². The molecular formula is C45H30N4O. The smallest absolute Gasteiger partial charge is 0.161 e. The largest absolute Gasteiger partial charge is 0.454 e. The van der Waals surface area contributed by atoms with Crippen molar-refractivity contribution in [1.82, 2.24) is 4.57 Å². The fraction of sp³-hybridized carbons (Fsp3) is 0. The fourth-order valence-electron chi connectivity index (χ4n) is 6.73. The highest BCUT2D eigenvalue weighted by atomic mass is 16.3. The van der Waals surface area contributed by atoms with Crippen LogP contribution in [0.15, 0.2) is 184 Å². The summed E-state index contributed by atoms with van der Waals surface area (Å²) in [7, 11) is 0. The third kappa shape index (κ3) is 5.18. The fourth-order valence-corrected chi connectivity index (χ4v) is 6.73. The first-order chi connectivity index (χ1) is 24.7. The van der Waals surface area contributed by atoms with Crippen LogP contribution in [0.25, 0.3) is 60.6 Å². The highest BCUT2D eigenvalue weighted by Gasteiger charge is 2.20. The predicted octanol–water partition coefficient (Wildman–Crippen LogP) is 11.2. The van der Waals surface area contributed by atoms with Crippen LogP contribution in [0.2, 0.25) is 0 Å². The molecule has 9 aromatic rings. The quantitative estimate of drug-likeness (QED) is 0.147. The Kier molecular flexibility index (Phi) is 7.21. The first-order valence-corrected chi connectivity index (χ1v) is 16.6. The normalized spacial score (nSPS) is 12.1. The van der Waals surface area contributed by atoms with E-state index in [1.54, 1.807) is 6.21 Å². The number of furan rings is 1. The van der Waals surface area contributed by atoms with Gasteiger partial charge in [-0.15, -0.1) is 0 Å². The van der Waals surface area contributed by atoms with Crippen LogP contribution in [-0.4, -0.2) is 22.5 Å². The zero-order chi connectivity index (χ0) is 33.4. The van der Waals surface area contributed by atoms with E-state index in [2.05, 4.69) is 83.4 Å². The third-order valence-electron chi connectivity index (χ3n) is 9.16. The minimum Gasteiger partial charge on any atom is -0.454 e. The predicted molar refractivity (Wildman–Crippen MR) is 207 cm³/mol. The average molecular weight is 643 g/mol. The minimum atomic E-state index is 0.152. The first kappa shape index (κ1) is 29.3. The van der Waals surface area contributed by atoms with E-state index >= 15 is 0 Å². The van der Waals surface area contributed by atoms with Crippen molar-refractivity contribution in [2.24, 2.45) is 9.98 Å². The van der Waals surface area contributed by atoms with Gasteiger partial charge in [0.15, 0.2) is 17.3 Å². The molecule has 0 bridgehead atoms. The molecule has 50 heavy (non-hydrogen) atoms. The Balaban J connectivity index is 1.22. The van der Waals surface area contributed by atoms with E-state index in [1.807, 2.05) is 91.0 Å². The summed E-state index contributed by atoms with van der Waals surface area (Å²) in [4.78, 5) is 9.50. The summed E-state index contributed by atoms with van der Waals surface area (Å²) in [5.74, 6) is 0.613. The zero-order valence-corrected chi connectivity index (χ0v) is 27.0. The molecule has 0 saturated heterocycles. The molecule has 0 unspecified atom stereocenters. The summed E-state index contributed by atoms with van der Waals surface area (Å²) in [6, 6.07) is 57.5. The molecule has 2 aromatic heterocycles. The van der Waals surface area contributed by atoms with Gasteiger partial charge in [0.1, 0.15) is 5.58 Å². The van der Waals surface area contributed by atoms with Crippen LogP contribution < -0.4 is 0 Å². The van der Waals surface area contributed by atoms with Crippen molar-refractivity contribution in [3.8, 4) is 16.8 Å². The second-order valence-electron chi connectivity index (χ2n) is 12.2. The Morgan fingerprint density at radius 1 is 0.560 bits per heavy atom. The third-order valence-corrected chi connectivity index (χ3v) is 9.16. The number of rotatable bonds is 5. The zero-order valence-electron chi connectivity index (χ0n) is 27.0. The highest BCUT2D eigenvalue weighted by molar-refractivity contribution is 6.22. The topological polar surface area (TPSA) is 66.6 Å². The van der Waals surface area contributed by atoms with Crippen LogP contribution in [0.4, 0.5) is 0 Å². The summed E-state index contributed by atoms with van der Waals surface area (Å²) in [5.41, 5.74) is 9.65. The molecule has 1 N–H and O–H groups in total. The standard InChI is InChI=1S/C45H30N4O/c46-44(32-16-8-3-9-17-32)48-45(47-29-30-12-4-1-5-13-30)33-20-23-35(24-21-33)49-40-27-22-34(31-14-6-2-7-15-31)28-39(40)37-25-26-38-36-18-10-11-19-41(36)50-43(38)42(37)49/h1-29,46H. The van der Waals surface area contributed by atoms with Crippen LogP contribution in [-0.2, 0) is 0 Å². The van der Waals surface area contributed by atoms with Crippen LogP contribution in [0.1, 0.15) is 16.7 Å². The Hall–Kier alpha value is -6.85. The summed E-state index contributed by atoms with van der Waals surface area (Å²) >= 11 is 0. The first-order valence-electron chi connectivity index (χ1n) is 16.6. The molecule has 7 aromatic carbocycles. The highest BCUT2D eigenvalue weighted by Crippen LogP contribution is 2.41. The van der Waals surface area contributed by atoms with Gasteiger partial charge in [-0.3, -0.25) is 5.41 Å². The van der Waals surface area contributed by atoms with E-state index in [0.29, 0.717) is 5.84 Å². The average Bonchev–Trinajstić information content (AvgIpc) is 3.73. The van der Waals surface area contributed by atoms with E-state index in [0.717, 1.165) is 71.7 Å². The number of nitrogens with one attached hydrogen (secondary N) is 1. The maximum atomic E-state index is 8.76. The second-order valence-corrected chi connectivity index (χ2v) is 12.2. The molecule has 0 atom stereocenters. The van der Waals surface area contributed by atoms with Gasteiger partial charge in [0, 0.05) is 44.6 Å². The number of hydrogen-bond acceptors (Lipinski definition) is 2. The molecule has 9 rings (SSSR count). The number of nitrogens with zero attached hydrogens (tertiary/aromatic N) is 3. The van der Waals surface area contributed by atoms with E-state index < -0.39 is 0 Å². The van der Waals surface area contributed by atoms with E-state index in [4.69, 9.17) is 19.8 Å². The van der Waals surface area contributed by atoms with Gasteiger partial charge in [0.25, 0.3) is 0 Å². The monoisotopic (exact) mass is 642 g/mol. The lowest BCUT2D eigenvalue weighted by molar-refractivity contribution is 0.671. The van der Waals surface area contributed by atoms with Crippen molar-refractivity contribution < 1.29 is 4.42 Å². The van der Waals surface area contributed by atoms with Gasteiger partial charge >= 0.3 is 0 Å². The van der Waals surface area contributed by atoms with Crippen LogP contribution in [0, 0.1) is 5.41 Å². The summed E-state index contributed by atoms with van der Waals surface area (Å²) in [5, 5.41) is 13.2. The number of para-hydroxylation sites is 1. The molecule has 0 fully saturated rings. The lowest BCUT2D eigenvalue weighted by atomic mass is 10.0. The maximum absolute atomic E-state index is 8.76. The number of fused-ring (bicyclic) bond motifs is 7. The number of benzene rings is 7. The molecule has 0 amide bonds. The van der Waals surface area contributed by atoms with Gasteiger partial charge in [0.2, 0.25) is 0 Å². The van der Waals surface area contributed by atoms with Gasteiger partial charge in [-0.1, -0.05) is 121 Å². The number of hydrogen-bond donors (Lipinski definition) is 1. The Morgan fingerprint density at radius 2 is 1.24 bits per heavy atom. The molecule has 0 aliphatic rings. The Labute approximate surface area is 288 Å². The summed E-state index contributed by atoms with van der Waals surface area (Å²) in [6.07, 6.45) is 1.79. The minimum absolute atomic E-state index is 0.152. The molecule has 0 saturated carbocycles. The molecule has 0 aliphatic carbocycles. The van der Waals surface area contributed by atoms with Crippen molar-refractivity contribution in [3.63, 3.8) is 0 Å². The lowest BCUT2D eigenvalue weighted by Gasteiger charge is -2.10. The summed E-state index contributed by atoms with van der Waals surface area (Å²) < 4.78 is 8.91. The molecule has 5 nitrogen and oxygen atoms in total. The molecule has 5 heteroatoms. The molecule has 0 aliphatic heterocycles. The van der Waals surface area contributed by atoms with E-state index in [9.17, 15) is 0 Å². The molecule has 0 radical (unpaired) electrons. The van der Waals surface area contributed by atoms with Crippen LogP contribution in [0.3, 0.4) is 0 Å². The Morgan fingerprint density at radius 3 is 2.02 bits per heavy atom. The van der Waals surface area contributed by atoms with Crippen molar-refractivity contribution in [2.45, 2.75) is 0 Å². The molecular weight excluding hydrogens is 613 g/mol. The van der Waals surface area contributed by atoms with Gasteiger partial charge in [0.05, 0.1) is 11.0 Å². The summed E-state index contributed by atoms with van der Waals surface area (Å²) in [6.45, 7) is 0. The maximum Gasteiger partial charge on any atom is 0.161 e. The van der Waals surface area contributed by atoms with Gasteiger partial charge in [-0.05, 0) is 65.2 Å². The van der Waals surface area contributed by atoms with Crippen molar-refractivity contribution >= 4 is 61.6 Å². The number of aliphatic imine (C=N–C) groups is 2. The molecule has 236 valence electrons. The molecule has 0 spiro atoms. The van der Waals surface area contributed by atoms with Gasteiger partial charge in [-0.25, -0.2) is 9.98 Å². The Bertz CT molecular complexity index is 2740. The van der Waals surface area contributed by atoms with Crippen molar-refractivity contribution in [3.05, 3.63) is 187 Å². The molecule has 2 heterocycles. The number of aromatic nitrogens is 1. The van der Waals surface area contributed by atoms with E-state index in [-0.39, 0.29) is 5.84 Å². The van der Waals surface area contributed by atoms with Crippen LogP contribution >= 0.6 is 0 Å². The van der Waals surface area contributed by atoms with Gasteiger partial charge < -0.3 is 8.98 Å².